The zero-order valence-electron chi connectivity index (χ0n) is 6.67. The Balaban J connectivity index is 2.52. The molecular formula is C8H14N2. The minimum atomic E-state index is 0.194. The van der Waals surface area contributed by atoms with Gasteiger partial charge in [0.25, 0.3) is 0 Å². The summed E-state index contributed by atoms with van der Waals surface area (Å²) in [4.78, 5) is 2.26. The van der Waals surface area contributed by atoms with Crippen molar-refractivity contribution < 1.29 is 0 Å². The molecule has 0 N–H and O–H groups in total. The summed E-state index contributed by atoms with van der Waals surface area (Å²) in [5.41, 5.74) is 0. The van der Waals surface area contributed by atoms with Crippen LogP contribution in [0.15, 0.2) is 0 Å². The number of rotatable bonds is 1. The first-order valence-electron chi connectivity index (χ1n) is 3.91. The SMILES string of the molecule is CC(C)N1CCC[C@@H]1C#N. The third-order valence-corrected chi connectivity index (χ3v) is 2.11. The molecule has 1 aliphatic heterocycles. The third-order valence-electron chi connectivity index (χ3n) is 2.11. The Bertz CT molecular complexity index is 146. The molecule has 1 saturated heterocycles. The summed E-state index contributed by atoms with van der Waals surface area (Å²) >= 11 is 0. The molecule has 0 aliphatic carbocycles. The van der Waals surface area contributed by atoms with Gasteiger partial charge in [-0.25, -0.2) is 0 Å². The zero-order valence-corrected chi connectivity index (χ0v) is 6.67. The van der Waals surface area contributed by atoms with Crippen LogP contribution in [0.4, 0.5) is 0 Å². The topological polar surface area (TPSA) is 27.0 Å². The summed E-state index contributed by atoms with van der Waals surface area (Å²) in [6.07, 6.45) is 2.26. The maximum Gasteiger partial charge on any atom is 0.0980 e. The highest BCUT2D eigenvalue weighted by molar-refractivity contribution is 4.96. The van der Waals surface area contributed by atoms with Crippen molar-refractivity contribution in [3.8, 4) is 6.07 Å². The van der Waals surface area contributed by atoms with Crippen LogP contribution in [-0.2, 0) is 0 Å². The Labute approximate surface area is 62.4 Å². The lowest BCUT2D eigenvalue weighted by Crippen LogP contribution is -2.34. The molecule has 0 unspecified atom stereocenters. The van der Waals surface area contributed by atoms with E-state index in [1.54, 1.807) is 0 Å². The monoisotopic (exact) mass is 138 g/mol. The molecule has 0 spiro atoms. The standard InChI is InChI=1S/C8H14N2/c1-7(2)10-5-3-4-8(10)6-9/h7-8H,3-5H2,1-2H3/t8-/m1/s1. The number of hydrogen-bond donors (Lipinski definition) is 0. The van der Waals surface area contributed by atoms with Gasteiger partial charge in [0.15, 0.2) is 0 Å². The van der Waals surface area contributed by atoms with Crippen LogP contribution in [0.3, 0.4) is 0 Å². The lowest BCUT2D eigenvalue weighted by atomic mass is 10.2. The number of hydrogen-bond acceptors (Lipinski definition) is 2. The van der Waals surface area contributed by atoms with Crippen LogP contribution < -0.4 is 0 Å². The summed E-state index contributed by atoms with van der Waals surface area (Å²) in [5, 5.41) is 8.69. The summed E-state index contributed by atoms with van der Waals surface area (Å²) in [5.74, 6) is 0. The maximum atomic E-state index is 8.69. The van der Waals surface area contributed by atoms with Gasteiger partial charge in [0.05, 0.1) is 12.1 Å². The smallest absolute Gasteiger partial charge is 0.0980 e. The minimum Gasteiger partial charge on any atom is -0.286 e. The molecule has 1 aliphatic rings. The minimum absolute atomic E-state index is 0.194. The first kappa shape index (κ1) is 7.56. The first-order chi connectivity index (χ1) is 4.75. The summed E-state index contributed by atoms with van der Waals surface area (Å²) in [6.45, 7) is 5.40. The van der Waals surface area contributed by atoms with Gasteiger partial charge in [-0.1, -0.05) is 0 Å². The first-order valence-corrected chi connectivity index (χ1v) is 3.91. The Hall–Kier alpha value is -0.550. The van der Waals surface area contributed by atoms with Crippen LogP contribution in [0.1, 0.15) is 26.7 Å². The fourth-order valence-corrected chi connectivity index (χ4v) is 1.55. The lowest BCUT2D eigenvalue weighted by Gasteiger charge is -2.22. The summed E-state index contributed by atoms with van der Waals surface area (Å²) in [7, 11) is 0. The van der Waals surface area contributed by atoms with E-state index in [4.69, 9.17) is 5.26 Å². The number of nitriles is 1. The van der Waals surface area contributed by atoms with Gasteiger partial charge in [0.2, 0.25) is 0 Å². The van der Waals surface area contributed by atoms with Crippen molar-refractivity contribution in [2.24, 2.45) is 0 Å². The quantitative estimate of drug-likeness (QED) is 0.547. The zero-order chi connectivity index (χ0) is 7.56. The Kier molecular flexibility index (Phi) is 2.29. The normalized spacial score (nSPS) is 27.2. The van der Waals surface area contributed by atoms with E-state index in [9.17, 15) is 0 Å². The molecule has 2 nitrogen and oxygen atoms in total. The molecule has 0 aromatic carbocycles. The average Bonchev–Trinajstić information content (AvgIpc) is 2.33. The molecule has 2 heteroatoms. The maximum absolute atomic E-state index is 8.69. The van der Waals surface area contributed by atoms with Crippen molar-refractivity contribution >= 4 is 0 Å². The van der Waals surface area contributed by atoms with E-state index >= 15 is 0 Å². The Morgan fingerprint density at radius 1 is 1.60 bits per heavy atom. The number of likely N-dealkylation sites (tertiary alicyclic amines) is 1. The van der Waals surface area contributed by atoms with Gasteiger partial charge in [-0.2, -0.15) is 5.26 Å². The second-order valence-corrected chi connectivity index (χ2v) is 3.12. The third kappa shape index (κ3) is 1.30. The van der Waals surface area contributed by atoms with Crippen LogP contribution in [0.5, 0.6) is 0 Å². The van der Waals surface area contributed by atoms with Crippen molar-refractivity contribution in [2.75, 3.05) is 6.54 Å². The molecule has 1 atom stereocenters. The Morgan fingerprint density at radius 3 is 2.70 bits per heavy atom. The molecule has 0 bridgehead atoms. The molecule has 10 heavy (non-hydrogen) atoms. The van der Waals surface area contributed by atoms with E-state index in [1.165, 1.54) is 6.42 Å². The van der Waals surface area contributed by atoms with Gasteiger partial charge >= 0.3 is 0 Å². The molecule has 1 rings (SSSR count). The van der Waals surface area contributed by atoms with E-state index in [1.807, 2.05) is 0 Å². The average molecular weight is 138 g/mol. The van der Waals surface area contributed by atoms with Crippen LogP contribution >= 0.6 is 0 Å². The van der Waals surface area contributed by atoms with Crippen molar-refractivity contribution in [3.63, 3.8) is 0 Å². The van der Waals surface area contributed by atoms with Crippen LogP contribution in [0, 0.1) is 11.3 Å². The van der Waals surface area contributed by atoms with Gasteiger partial charge in [-0.05, 0) is 33.2 Å². The van der Waals surface area contributed by atoms with E-state index in [-0.39, 0.29) is 6.04 Å². The largest absolute Gasteiger partial charge is 0.286 e. The molecule has 0 saturated carbocycles. The van der Waals surface area contributed by atoms with Gasteiger partial charge in [-0.3, -0.25) is 4.90 Å². The second kappa shape index (κ2) is 3.03. The van der Waals surface area contributed by atoms with E-state index in [2.05, 4.69) is 24.8 Å². The van der Waals surface area contributed by atoms with Gasteiger partial charge in [0, 0.05) is 6.04 Å². The van der Waals surface area contributed by atoms with E-state index in [0.717, 1.165) is 13.0 Å². The highest BCUT2D eigenvalue weighted by Gasteiger charge is 2.25. The fourth-order valence-electron chi connectivity index (χ4n) is 1.55. The molecule has 1 heterocycles. The van der Waals surface area contributed by atoms with Crippen molar-refractivity contribution in [3.05, 3.63) is 0 Å². The van der Waals surface area contributed by atoms with Crippen molar-refractivity contribution in [2.45, 2.75) is 38.8 Å². The fraction of sp³-hybridized carbons (Fsp3) is 0.875. The molecule has 0 aromatic heterocycles. The van der Waals surface area contributed by atoms with Crippen molar-refractivity contribution in [1.29, 1.82) is 5.26 Å². The predicted molar refractivity (Wildman–Crippen MR) is 40.5 cm³/mol. The molecule has 0 aromatic rings. The second-order valence-electron chi connectivity index (χ2n) is 3.12. The predicted octanol–water partition coefficient (Wildman–Crippen LogP) is 1.38. The lowest BCUT2D eigenvalue weighted by molar-refractivity contribution is 0.238. The summed E-state index contributed by atoms with van der Waals surface area (Å²) in [6, 6.07) is 3.05. The van der Waals surface area contributed by atoms with Gasteiger partial charge in [0.1, 0.15) is 0 Å². The van der Waals surface area contributed by atoms with E-state index < -0.39 is 0 Å². The molecule has 1 fully saturated rings. The van der Waals surface area contributed by atoms with E-state index in [0.29, 0.717) is 6.04 Å². The van der Waals surface area contributed by atoms with Gasteiger partial charge < -0.3 is 0 Å². The van der Waals surface area contributed by atoms with Gasteiger partial charge in [-0.15, -0.1) is 0 Å². The molecule has 0 radical (unpaired) electrons. The highest BCUT2D eigenvalue weighted by atomic mass is 15.2. The molecule has 0 amide bonds. The van der Waals surface area contributed by atoms with Crippen molar-refractivity contribution in [1.82, 2.24) is 4.90 Å². The number of nitrogens with zero attached hydrogens (tertiary/aromatic N) is 2. The van der Waals surface area contributed by atoms with Crippen LogP contribution in [-0.4, -0.2) is 23.5 Å². The van der Waals surface area contributed by atoms with Crippen LogP contribution in [0.2, 0.25) is 0 Å². The molecular weight excluding hydrogens is 124 g/mol. The van der Waals surface area contributed by atoms with Crippen LogP contribution in [0.25, 0.3) is 0 Å². The Morgan fingerprint density at radius 2 is 2.30 bits per heavy atom. The molecule has 56 valence electrons. The highest BCUT2D eigenvalue weighted by Crippen LogP contribution is 2.18. The summed E-state index contributed by atoms with van der Waals surface area (Å²) < 4.78 is 0.